The van der Waals surface area contributed by atoms with Gasteiger partial charge in [0.2, 0.25) is 5.91 Å². The van der Waals surface area contributed by atoms with Gasteiger partial charge in [-0.2, -0.15) is 0 Å². The molecule has 0 aliphatic rings. The Morgan fingerprint density at radius 2 is 2.11 bits per heavy atom. The Kier molecular flexibility index (Phi) is 9.77. The summed E-state index contributed by atoms with van der Waals surface area (Å²) in [6, 6.07) is 0. The van der Waals surface area contributed by atoms with Crippen LogP contribution in [0.2, 0.25) is 0 Å². The Morgan fingerprint density at radius 1 is 1.44 bits per heavy atom. The second kappa shape index (κ2) is 10.2. The second-order valence-electron chi connectivity index (χ2n) is 4.01. The van der Waals surface area contributed by atoms with E-state index in [1.807, 2.05) is 6.92 Å². The predicted octanol–water partition coefficient (Wildman–Crippen LogP) is 1.47. The number of hydrogen-bond donors (Lipinski definition) is 1. The SMILES string of the molecule is CCCCSC(C)C(=O)N(CCOC)CC(=O)O. The van der Waals surface area contributed by atoms with Crippen LogP contribution in [-0.4, -0.2) is 59.7 Å². The molecule has 18 heavy (non-hydrogen) atoms. The first-order chi connectivity index (χ1) is 8.52. The first-order valence-electron chi connectivity index (χ1n) is 6.14. The van der Waals surface area contributed by atoms with Gasteiger partial charge >= 0.3 is 5.97 Å². The number of carbonyl (C=O) groups excluding carboxylic acids is 1. The molecular formula is C12H23NO4S. The number of ether oxygens (including phenoxy) is 1. The van der Waals surface area contributed by atoms with Crippen LogP contribution >= 0.6 is 11.8 Å². The lowest BCUT2D eigenvalue weighted by Gasteiger charge is -2.23. The van der Waals surface area contributed by atoms with Crippen molar-refractivity contribution in [2.24, 2.45) is 0 Å². The molecule has 6 heteroatoms. The molecule has 0 spiro atoms. The first-order valence-corrected chi connectivity index (χ1v) is 7.18. The number of carbonyl (C=O) groups is 2. The Morgan fingerprint density at radius 3 is 2.61 bits per heavy atom. The number of carboxylic acids is 1. The molecule has 0 rings (SSSR count). The maximum absolute atomic E-state index is 12.1. The van der Waals surface area contributed by atoms with Crippen molar-refractivity contribution in [1.29, 1.82) is 0 Å². The van der Waals surface area contributed by atoms with E-state index >= 15 is 0 Å². The van der Waals surface area contributed by atoms with Gasteiger partial charge in [0.15, 0.2) is 0 Å². The lowest BCUT2D eigenvalue weighted by atomic mass is 10.3. The molecule has 0 radical (unpaired) electrons. The van der Waals surface area contributed by atoms with E-state index < -0.39 is 5.97 Å². The molecule has 0 saturated heterocycles. The van der Waals surface area contributed by atoms with Crippen LogP contribution < -0.4 is 0 Å². The highest BCUT2D eigenvalue weighted by Crippen LogP contribution is 2.15. The maximum Gasteiger partial charge on any atom is 0.323 e. The molecule has 0 fully saturated rings. The van der Waals surface area contributed by atoms with Crippen molar-refractivity contribution in [1.82, 2.24) is 4.90 Å². The quantitative estimate of drug-likeness (QED) is 0.612. The topological polar surface area (TPSA) is 66.8 Å². The van der Waals surface area contributed by atoms with Crippen molar-refractivity contribution in [2.75, 3.05) is 32.6 Å². The number of carboxylic acid groups (broad SMARTS) is 1. The third-order valence-electron chi connectivity index (χ3n) is 2.42. The average molecular weight is 277 g/mol. The van der Waals surface area contributed by atoms with Crippen LogP contribution in [0.1, 0.15) is 26.7 Å². The van der Waals surface area contributed by atoms with Crippen LogP contribution in [0.3, 0.4) is 0 Å². The van der Waals surface area contributed by atoms with Gasteiger partial charge in [-0.05, 0) is 19.1 Å². The van der Waals surface area contributed by atoms with E-state index in [2.05, 4.69) is 6.92 Å². The van der Waals surface area contributed by atoms with E-state index in [-0.39, 0.29) is 17.7 Å². The molecule has 0 aromatic rings. The van der Waals surface area contributed by atoms with E-state index in [9.17, 15) is 9.59 Å². The summed E-state index contributed by atoms with van der Waals surface area (Å²) < 4.78 is 4.89. The minimum atomic E-state index is -0.995. The molecule has 5 nitrogen and oxygen atoms in total. The van der Waals surface area contributed by atoms with Crippen LogP contribution in [0, 0.1) is 0 Å². The molecule has 0 aliphatic carbocycles. The van der Waals surface area contributed by atoms with Crippen molar-refractivity contribution in [3.8, 4) is 0 Å². The van der Waals surface area contributed by atoms with Crippen LogP contribution in [0.15, 0.2) is 0 Å². The molecule has 0 saturated carbocycles. The zero-order chi connectivity index (χ0) is 14.0. The van der Waals surface area contributed by atoms with Gasteiger partial charge in [-0.15, -0.1) is 11.8 Å². The summed E-state index contributed by atoms with van der Waals surface area (Å²) in [6.07, 6.45) is 2.16. The summed E-state index contributed by atoms with van der Waals surface area (Å²) in [5.74, 6) is -0.199. The van der Waals surface area contributed by atoms with E-state index in [1.54, 1.807) is 11.8 Å². The molecule has 0 aliphatic heterocycles. The van der Waals surface area contributed by atoms with Gasteiger partial charge in [-0.25, -0.2) is 0 Å². The molecule has 0 heterocycles. The molecule has 106 valence electrons. The smallest absolute Gasteiger partial charge is 0.323 e. The molecule has 0 aromatic heterocycles. The fourth-order valence-corrected chi connectivity index (χ4v) is 2.47. The molecular weight excluding hydrogens is 254 g/mol. The number of rotatable bonds is 10. The van der Waals surface area contributed by atoms with Gasteiger partial charge in [-0.1, -0.05) is 13.3 Å². The van der Waals surface area contributed by atoms with E-state index in [0.717, 1.165) is 18.6 Å². The fraction of sp³-hybridized carbons (Fsp3) is 0.833. The molecule has 1 N–H and O–H groups in total. The summed E-state index contributed by atoms with van der Waals surface area (Å²) >= 11 is 1.57. The lowest BCUT2D eigenvalue weighted by Crippen LogP contribution is -2.42. The van der Waals surface area contributed by atoms with Gasteiger partial charge in [0.1, 0.15) is 6.54 Å². The minimum Gasteiger partial charge on any atom is -0.480 e. The zero-order valence-corrected chi connectivity index (χ0v) is 12.2. The monoisotopic (exact) mass is 277 g/mol. The number of hydrogen-bond acceptors (Lipinski definition) is 4. The van der Waals surface area contributed by atoms with E-state index in [0.29, 0.717) is 13.2 Å². The second-order valence-corrected chi connectivity index (χ2v) is 5.46. The molecule has 1 unspecified atom stereocenters. The van der Waals surface area contributed by atoms with Gasteiger partial charge in [-0.3, -0.25) is 9.59 Å². The summed E-state index contributed by atoms with van der Waals surface area (Å²) in [7, 11) is 1.53. The molecule has 1 atom stereocenters. The van der Waals surface area contributed by atoms with Crippen molar-refractivity contribution in [3.05, 3.63) is 0 Å². The number of unbranched alkanes of at least 4 members (excludes halogenated alkanes) is 1. The number of aliphatic carboxylic acids is 1. The molecule has 1 amide bonds. The number of methoxy groups -OCH3 is 1. The van der Waals surface area contributed by atoms with E-state index in [4.69, 9.17) is 9.84 Å². The zero-order valence-electron chi connectivity index (χ0n) is 11.3. The highest BCUT2D eigenvalue weighted by molar-refractivity contribution is 8.00. The Labute approximate surface area is 113 Å². The third kappa shape index (κ3) is 7.55. The number of thioether (sulfide) groups is 1. The Balaban J connectivity index is 4.28. The summed E-state index contributed by atoms with van der Waals surface area (Å²) in [5, 5.41) is 8.59. The lowest BCUT2D eigenvalue weighted by molar-refractivity contribution is -0.144. The standard InChI is InChI=1S/C12H23NO4S/c1-4-5-8-18-10(2)12(16)13(6-7-17-3)9-11(14)15/h10H,4-9H2,1-3H3,(H,14,15). The summed E-state index contributed by atoms with van der Waals surface area (Å²) in [4.78, 5) is 24.1. The Hall–Kier alpha value is -0.750. The largest absolute Gasteiger partial charge is 0.480 e. The number of amides is 1. The van der Waals surface area contributed by atoms with Gasteiger partial charge in [0, 0.05) is 13.7 Å². The van der Waals surface area contributed by atoms with Crippen molar-refractivity contribution < 1.29 is 19.4 Å². The molecule has 0 bridgehead atoms. The fourth-order valence-electron chi connectivity index (χ4n) is 1.36. The highest BCUT2D eigenvalue weighted by Gasteiger charge is 2.22. The Bertz CT molecular complexity index is 260. The summed E-state index contributed by atoms with van der Waals surface area (Å²) in [5.41, 5.74) is 0. The van der Waals surface area contributed by atoms with Crippen LogP contribution in [0.4, 0.5) is 0 Å². The maximum atomic E-state index is 12.1. The number of nitrogens with zero attached hydrogens (tertiary/aromatic N) is 1. The van der Waals surface area contributed by atoms with E-state index in [1.165, 1.54) is 12.0 Å². The van der Waals surface area contributed by atoms with Crippen molar-refractivity contribution in [3.63, 3.8) is 0 Å². The third-order valence-corrected chi connectivity index (χ3v) is 3.64. The highest BCUT2D eigenvalue weighted by atomic mass is 32.2. The van der Waals surface area contributed by atoms with Gasteiger partial charge in [0.25, 0.3) is 0 Å². The first kappa shape index (κ1) is 17.2. The van der Waals surface area contributed by atoms with Crippen molar-refractivity contribution >= 4 is 23.6 Å². The van der Waals surface area contributed by atoms with Crippen LogP contribution in [-0.2, 0) is 14.3 Å². The summed E-state index contributed by atoms with van der Waals surface area (Å²) in [6.45, 7) is 4.33. The minimum absolute atomic E-state index is 0.129. The normalized spacial score (nSPS) is 12.2. The average Bonchev–Trinajstić information content (AvgIpc) is 2.33. The van der Waals surface area contributed by atoms with Crippen molar-refractivity contribution in [2.45, 2.75) is 31.9 Å². The predicted molar refractivity (Wildman–Crippen MR) is 72.9 cm³/mol. The van der Waals surface area contributed by atoms with Crippen LogP contribution in [0.5, 0.6) is 0 Å². The van der Waals surface area contributed by atoms with Gasteiger partial charge in [0.05, 0.1) is 11.9 Å². The van der Waals surface area contributed by atoms with Crippen LogP contribution in [0.25, 0.3) is 0 Å². The molecule has 0 aromatic carbocycles. The van der Waals surface area contributed by atoms with Gasteiger partial charge < -0.3 is 14.7 Å².